The summed E-state index contributed by atoms with van der Waals surface area (Å²) in [5, 5.41) is 13.8. The van der Waals surface area contributed by atoms with Gasteiger partial charge in [0, 0.05) is 28.7 Å². The van der Waals surface area contributed by atoms with Gasteiger partial charge in [0.25, 0.3) is 0 Å². The van der Waals surface area contributed by atoms with Crippen LogP contribution in [0.3, 0.4) is 0 Å². The zero-order valence-corrected chi connectivity index (χ0v) is 20.1. The third kappa shape index (κ3) is 6.92. The standard InChI is InChI=1S/C23H20Cl3NO4.ClH/c1-30-21-9-15(12-27-11-14-2-4-16(5-3-14)23(28)29)8-20(26)22(21)31-13-17-6-7-18(24)10-19(17)25;/h2-10,27H,11-13H2,1H3,(H,28,29);1H. The molecule has 9 heteroatoms. The molecule has 0 unspecified atom stereocenters. The minimum atomic E-state index is -0.943. The van der Waals surface area contributed by atoms with Gasteiger partial charge in [0.2, 0.25) is 0 Å². The van der Waals surface area contributed by atoms with Crippen molar-refractivity contribution in [2.75, 3.05) is 7.11 Å². The van der Waals surface area contributed by atoms with Crippen molar-refractivity contribution in [3.63, 3.8) is 0 Å². The predicted molar refractivity (Wildman–Crippen MR) is 130 cm³/mol. The molecule has 170 valence electrons. The fourth-order valence-electron chi connectivity index (χ4n) is 2.92. The third-order valence-electron chi connectivity index (χ3n) is 4.54. The molecule has 0 aliphatic rings. The lowest BCUT2D eigenvalue weighted by molar-refractivity contribution is 0.0697. The Bertz CT molecular complexity index is 1070. The van der Waals surface area contributed by atoms with Crippen LogP contribution in [-0.4, -0.2) is 18.2 Å². The topological polar surface area (TPSA) is 67.8 Å². The van der Waals surface area contributed by atoms with Gasteiger partial charge in [-0.15, -0.1) is 12.4 Å². The second-order valence-corrected chi connectivity index (χ2v) is 7.99. The number of hydrogen-bond donors (Lipinski definition) is 2. The van der Waals surface area contributed by atoms with Gasteiger partial charge in [-0.3, -0.25) is 0 Å². The van der Waals surface area contributed by atoms with E-state index in [4.69, 9.17) is 49.4 Å². The van der Waals surface area contributed by atoms with E-state index in [1.54, 1.807) is 49.6 Å². The lowest BCUT2D eigenvalue weighted by atomic mass is 10.1. The number of ether oxygens (including phenoxy) is 2. The van der Waals surface area contributed by atoms with E-state index in [1.165, 1.54) is 0 Å². The summed E-state index contributed by atoms with van der Waals surface area (Å²) in [6, 6.07) is 15.6. The minimum Gasteiger partial charge on any atom is -0.493 e. The number of methoxy groups -OCH3 is 1. The number of hydrogen-bond acceptors (Lipinski definition) is 4. The van der Waals surface area contributed by atoms with E-state index >= 15 is 0 Å². The van der Waals surface area contributed by atoms with Gasteiger partial charge >= 0.3 is 5.97 Å². The number of carbonyl (C=O) groups is 1. The molecular formula is C23H21Cl4NO4. The Labute approximate surface area is 207 Å². The largest absolute Gasteiger partial charge is 0.493 e. The summed E-state index contributed by atoms with van der Waals surface area (Å²) in [6.07, 6.45) is 0. The maximum absolute atomic E-state index is 10.9. The number of rotatable bonds is 9. The number of aromatic carboxylic acids is 1. The first-order valence-electron chi connectivity index (χ1n) is 9.33. The van der Waals surface area contributed by atoms with Gasteiger partial charge in [0.1, 0.15) is 6.61 Å². The second kappa shape index (κ2) is 12.2. The van der Waals surface area contributed by atoms with Gasteiger partial charge in [-0.1, -0.05) is 53.0 Å². The van der Waals surface area contributed by atoms with E-state index < -0.39 is 5.97 Å². The van der Waals surface area contributed by atoms with Crippen LogP contribution in [0.5, 0.6) is 11.5 Å². The summed E-state index contributed by atoms with van der Waals surface area (Å²) < 4.78 is 11.3. The zero-order chi connectivity index (χ0) is 22.4. The number of halogens is 4. The number of benzene rings is 3. The van der Waals surface area contributed by atoms with Gasteiger partial charge in [0.05, 0.1) is 17.7 Å². The molecule has 3 aromatic rings. The van der Waals surface area contributed by atoms with Gasteiger partial charge in [-0.25, -0.2) is 4.79 Å². The Balaban J connectivity index is 0.00000363. The third-order valence-corrected chi connectivity index (χ3v) is 5.40. The molecule has 0 saturated heterocycles. The Hall–Kier alpha value is -2.15. The summed E-state index contributed by atoms with van der Waals surface area (Å²) in [5.41, 5.74) is 2.93. The minimum absolute atomic E-state index is 0. The van der Waals surface area contributed by atoms with Crippen molar-refractivity contribution in [3.8, 4) is 11.5 Å². The van der Waals surface area contributed by atoms with E-state index in [-0.39, 0.29) is 24.6 Å². The van der Waals surface area contributed by atoms with Crippen molar-refractivity contribution >= 4 is 53.2 Å². The number of carboxylic acid groups (broad SMARTS) is 1. The van der Waals surface area contributed by atoms with Gasteiger partial charge in [0.15, 0.2) is 11.5 Å². The molecule has 0 bridgehead atoms. The monoisotopic (exact) mass is 515 g/mol. The van der Waals surface area contributed by atoms with Crippen LogP contribution in [-0.2, 0) is 19.7 Å². The average molecular weight is 517 g/mol. The van der Waals surface area contributed by atoms with Crippen LogP contribution in [0.25, 0.3) is 0 Å². The summed E-state index contributed by atoms with van der Waals surface area (Å²) >= 11 is 18.6. The Morgan fingerprint density at radius 2 is 1.62 bits per heavy atom. The van der Waals surface area contributed by atoms with E-state index in [1.807, 2.05) is 12.1 Å². The first-order chi connectivity index (χ1) is 14.9. The highest BCUT2D eigenvalue weighted by Gasteiger charge is 2.13. The molecule has 0 fully saturated rings. The second-order valence-electron chi connectivity index (χ2n) is 6.74. The van der Waals surface area contributed by atoms with Gasteiger partial charge < -0.3 is 19.9 Å². The normalized spacial score (nSPS) is 10.4. The van der Waals surface area contributed by atoms with Crippen LogP contribution in [0.2, 0.25) is 15.1 Å². The quantitative estimate of drug-likeness (QED) is 0.333. The van der Waals surface area contributed by atoms with Crippen LogP contribution >= 0.6 is 47.2 Å². The summed E-state index contributed by atoms with van der Waals surface area (Å²) in [7, 11) is 1.55. The molecule has 0 saturated carbocycles. The first kappa shape index (κ1) is 26.1. The molecule has 2 N–H and O–H groups in total. The van der Waals surface area contributed by atoms with E-state index in [0.29, 0.717) is 39.7 Å². The van der Waals surface area contributed by atoms with Crippen molar-refractivity contribution < 1.29 is 19.4 Å². The molecule has 0 amide bonds. The fourth-order valence-corrected chi connectivity index (χ4v) is 3.67. The van der Waals surface area contributed by atoms with Crippen LogP contribution < -0.4 is 14.8 Å². The average Bonchev–Trinajstić information content (AvgIpc) is 2.74. The molecule has 5 nitrogen and oxygen atoms in total. The predicted octanol–water partition coefficient (Wildman–Crippen LogP) is 6.64. The molecule has 0 aromatic heterocycles. The first-order valence-corrected chi connectivity index (χ1v) is 10.5. The highest BCUT2D eigenvalue weighted by Crippen LogP contribution is 2.37. The van der Waals surface area contributed by atoms with Crippen LogP contribution in [0.15, 0.2) is 54.6 Å². The molecule has 0 spiro atoms. The molecule has 0 radical (unpaired) electrons. The van der Waals surface area contributed by atoms with Crippen molar-refractivity contribution in [2.45, 2.75) is 19.7 Å². The lowest BCUT2D eigenvalue weighted by Crippen LogP contribution is -2.13. The van der Waals surface area contributed by atoms with Crippen molar-refractivity contribution in [1.82, 2.24) is 5.32 Å². The molecule has 0 aliphatic carbocycles. The zero-order valence-electron chi connectivity index (χ0n) is 17.0. The number of carboxylic acids is 1. The Morgan fingerprint density at radius 3 is 2.25 bits per heavy atom. The van der Waals surface area contributed by atoms with Gasteiger partial charge in [-0.05, 0) is 47.5 Å². The Kier molecular flexibility index (Phi) is 9.94. The van der Waals surface area contributed by atoms with Crippen LogP contribution in [0.1, 0.15) is 27.0 Å². The molecular weight excluding hydrogens is 496 g/mol. The smallest absolute Gasteiger partial charge is 0.335 e. The van der Waals surface area contributed by atoms with Crippen LogP contribution in [0.4, 0.5) is 0 Å². The van der Waals surface area contributed by atoms with Crippen molar-refractivity contribution in [3.05, 3.63) is 91.9 Å². The summed E-state index contributed by atoms with van der Waals surface area (Å²) in [6.45, 7) is 1.34. The molecule has 3 rings (SSSR count). The molecule has 0 atom stereocenters. The summed E-state index contributed by atoms with van der Waals surface area (Å²) in [5.74, 6) is 0.00489. The fraction of sp³-hybridized carbons (Fsp3) is 0.174. The van der Waals surface area contributed by atoms with Crippen molar-refractivity contribution in [1.29, 1.82) is 0 Å². The van der Waals surface area contributed by atoms with E-state index in [9.17, 15) is 4.79 Å². The van der Waals surface area contributed by atoms with Crippen LogP contribution in [0, 0.1) is 0 Å². The maximum atomic E-state index is 10.9. The highest BCUT2D eigenvalue weighted by atomic mass is 35.5. The van der Waals surface area contributed by atoms with Gasteiger partial charge in [-0.2, -0.15) is 0 Å². The Morgan fingerprint density at radius 1 is 0.938 bits per heavy atom. The SMILES string of the molecule is COc1cc(CNCc2ccc(C(=O)O)cc2)cc(Cl)c1OCc1ccc(Cl)cc1Cl.Cl. The molecule has 0 heterocycles. The highest BCUT2D eigenvalue weighted by molar-refractivity contribution is 6.35. The lowest BCUT2D eigenvalue weighted by Gasteiger charge is -2.15. The molecule has 32 heavy (non-hydrogen) atoms. The maximum Gasteiger partial charge on any atom is 0.335 e. The van der Waals surface area contributed by atoms with Crippen molar-refractivity contribution in [2.24, 2.45) is 0 Å². The summed E-state index contributed by atoms with van der Waals surface area (Å²) in [4.78, 5) is 10.9. The molecule has 0 aliphatic heterocycles. The van der Waals surface area contributed by atoms with E-state index in [2.05, 4.69) is 5.32 Å². The number of nitrogens with one attached hydrogen (secondary N) is 1. The molecule has 3 aromatic carbocycles. The van der Waals surface area contributed by atoms with E-state index in [0.717, 1.165) is 16.7 Å².